The molecule has 1 heterocycles. The van der Waals surface area contributed by atoms with Crippen LogP contribution >= 0.6 is 0 Å². The molecule has 0 radical (unpaired) electrons. The van der Waals surface area contributed by atoms with Crippen LogP contribution in [0.2, 0.25) is 0 Å². The maximum atomic E-state index is 12.9. The van der Waals surface area contributed by atoms with Gasteiger partial charge in [-0.05, 0) is 34.4 Å². The summed E-state index contributed by atoms with van der Waals surface area (Å²) in [5.41, 5.74) is 3.27. The summed E-state index contributed by atoms with van der Waals surface area (Å²) < 4.78 is 50.2. The lowest BCUT2D eigenvalue weighted by atomic mass is 9.91. The summed E-state index contributed by atoms with van der Waals surface area (Å²) in [6.07, 6.45) is -3.74. The number of benzene rings is 3. The molecule has 1 aliphatic rings. The minimum Gasteiger partial charge on any atom is -0.496 e. The number of aliphatic carboxylic acids is 1. The third-order valence-corrected chi connectivity index (χ3v) is 6.33. The summed E-state index contributed by atoms with van der Waals surface area (Å²) >= 11 is 0. The van der Waals surface area contributed by atoms with E-state index in [1.807, 2.05) is 42.5 Å². The van der Waals surface area contributed by atoms with Gasteiger partial charge < -0.3 is 14.6 Å². The van der Waals surface area contributed by atoms with Gasteiger partial charge in [0.15, 0.2) is 0 Å². The zero-order chi connectivity index (χ0) is 24.5. The van der Waals surface area contributed by atoms with Crippen LogP contribution in [0.5, 0.6) is 11.5 Å². The number of nitrogens with zero attached hydrogens (tertiary/aromatic N) is 1. The molecule has 0 amide bonds. The van der Waals surface area contributed by atoms with Gasteiger partial charge in [-0.25, -0.2) is 0 Å². The minimum absolute atomic E-state index is 0.0280. The Morgan fingerprint density at radius 3 is 2.35 bits per heavy atom. The third kappa shape index (κ3) is 4.68. The van der Waals surface area contributed by atoms with E-state index in [1.165, 1.54) is 0 Å². The van der Waals surface area contributed by atoms with Crippen molar-refractivity contribution in [3.8, 4) is 22.6 Å². The van der Waals surface area contributed by atoms with Gasteiger partial charge in [0.25, 0.3) is 0 Å². The van der Waals surface area contributed by atoms with Gasteiger partial charge in [0, 0.05) is 31.6 Å². The number of hydrogen-bond donors (Lipinski definition) is 1. The fraction of sp³-hybridized carbons (Fsp3) is 0.346. The van der Waals surface area contributed by atoms with E-state index in [0.717, 1.165) is 33.0 Å². The third-order valence-electron chi connectivity index (χ3n) is 6.33. The van der Waals surface area contributed by atoms with Crippen LogP contribution in [0.15, 0.2) is 48.5 Å². The van der Waals surface area contributed by atoms with Crippen molar-refractivity contribution in [2.24, 2.45) is 5.92 Å². The maximum absolute atomic E-state index is 12.9. The van der Waals surface area contributed by atoms with Crippen molar-refractivity contribution in [2.75, 3.05) is 27.3 Å². The number of fused-ring (bicyclic) bond motifs is 1. The molecule has 0 aliphatic carbocycles. The number of hydrogen-bond acceptors (Lipinski definition) is 4. The molecule has 8 heteroatoms. The normalized spacial score (nSPS) is 14.7. The highest BCUT2D eigenvalue weighted by Crippen LogP contribution is 2.45. The summed E-state index contributed by atoms with van der Waals surface area (Å²) in [6, 6.07) is 15.2. The van der Waals surface area contributed by atoms with E-state index in [-0.39, 0.29) is 19.5 Å². The van der Waals surface area contributed by atoms with Crippen LogP contribution in [0.25, 0.3) is 21.9 Å². The van der Waals surface area contributed by atoms with Gasteiger partial charge in [-0.2, -0.15) is 13.2 Å². The molecule has 1 aliphatic heterocycles. The van der Waals surface area contributed by atoms with Crippen LogP contribution in [0.1, 0.15) is 17.5 Å². The Hall–Kier alpha value is -3.26. The number of aryl methyl sites for hydroxylation is 1. The molecule has 4 rings (SSSR count). The largest absolute Gasteiger partial charge is 0.496 e. The molecule has 34 heavy (non-hydrogen) atoms. The average molecular weight is 473 g/mol. The maximum Gasteiger partial charge on any atom is 0.394 e. The van der Waals surface area contributed by atoms with E-state index in [4.69, 9.17) is 14.6 Å². The Kier molecular flexibility index (Phi) is 6.70. The first-order valence-electron chi connectivity index (χ1n) is 11.0. The first-order chi connectivity index (χ1) is 16.2. The highest BCUT2D eigenvalue weighted by atomic mass is 19.4. The van der Waals surface area contributed by atoms with Gasteiger partial charge in [0.2, 0.25) is 0 Å². The van der Waals surface area contributed by atoms with Crippen LogP contribution < -0.4 is 9.47 Å². The zero-order valence-electron chi connectivity index (χ0n) is 19.0. The van der Waals surface area contributed by atoms with Crippen molar-refractivity contribution in [1.82, 2.24) is 4.90 Å². The quantitative estimate of drug-likeness (QED) is 0.466. The van der Waals surface area contributed by atoms with Crippen LogP contribution in [0, 0.1) is 5.92 Å². The van der Waals surface area contributed by atoms with E-state index < -0.39 is 18.1 Å². The lowest BCUT2D eigenvalue weighted by molar-refractivity contribution is -0.210. The molecule has 0 bridgehead atoms. The second-order valence-corrected chi connectivity index (χ2v) is 8.48. The van der Waals surface area contributed by atoms with Crippen molar-refractivity contribution in [3.05, 3.63) is 59.7 Å². The molecule has 5 nitrogen and oxygen atoms in total. The lowest BCUT2D eigenvalue weighted by Gasteiger charge is -2.40. The van der Waals surface area contributed by atoms with E-state index in [0.29, 0.717) is 24.5 Å². The van der Waals surface area contributed by atoms with Gasteiger partial charge in [-0.15, -0.1) is 0 Å². The first kappa shape index (κ1) is 23.9. The molecule has 0 saturated carbocycles. The smallest absolute Gasteiger partial charge is 0.394 e. The number of methoxy groups -OCH3 is 2. The molecular weight excluding hydrogens is 447 g/mol. The second-order valence-electron chi connectivity index (χ2n) is 8.48. The highest BCUT2D eigenvalue weighted by molar-refractivity contribution is 6.01. The number of rotatable bonds is 8. The first-order valence-corrected chi connectivity index (χ1v) is 11.0. The monoisotopic (exact) mass is 473 g/mol. The predicted molar refractivity (Wildman–Crippen MR) is 123 cm³/mol. The van der Waals surface area contributed by atoms with Crippen molar-refractivity contribution in [1.29, 1.82) is 0 Å². The van der Waals surface area contributed by atoms with Crippen molar-refractivity contribution >= 4 is 16.7 Å². The number of carbonyl (C=O) groups is 1. The Balaban J connectivity index is 1.76. The van der Waals surface area contributed by atoms with Gasteiger partial charge in [-0.3, -0.25) is 9.69 Å². The average Bonchev–Trinajstić information content (AvgIpc) is 2.77. The molecule has 0 atom stereocenters. The van der Waals surface area contributed by atoms with Gasteiger partial charge in [0.1, 0.15) is 11.5 Å². The molecule has 0 aromatic heterocycles. The summed E-state index contributed by atoms with van der Waals surface area (Å²) in [5, 5.41) is 11.0. The highest BCUT2D eigenvalue weighted by Gasteiger charge is 2.47. The Morgan fingerprint density at radius 1 is 1.00 bits per heavy atom. The topological polar surface area (TPSA) is 59.0 Å². The number of alkyl halides is 3. The fourth-order valence-electron chi connectivity index (χ4n) is 4.59. The molecule has 1 saturated heterocycles. The van der Waals surface area contributed by atoms with Gasteiger partial charge in [-0.1, -0.05) is 42.5 Å². The SMILES string of the molecule is COc1ccc(CN2CC(C(F)(F)F)C2)c(OC)c1-c1cccc2c(CCC(=O)O)cccc12. The van der Waals surface area contributed by atoms with Crippen molar-refractivity contribution in [3.63, 3.8) is 0 Å². The predicted octanol–water partition coefficient (Wildman–Crippen LogP) is 5.54. The number of likely N-dealkylation sites (tertiary alicyclic amines) is 1. The van der Waals surface area contributed by atoms with Crippen molar-refractivity contribution in [2.45, 2.75) is 25.6 Å². The molecule has 0 spiro atoms. The summed E-state index contributed by atoms with van der Waals surface area (Å²) in [4.78, 5) is 12.8. The summed E-state index contributed by atoms with van der Waals surface area (Å²) in [6.45, 7) is 0.270. The number of halogens is 3. The van der Waals surface area contributed by atoms with Crippen LogP contribution in [0.3, 0.4) is 0 Å². The van der Waals surface area contributed by atoms with Crippen molar-refractivity contribution < 1.29 is 32.5 Å². The molecular formula is C26H26F3NO4. The van der Waals surface area contributed by atoms with Crippen LogP contribution in [-0.2, 0) is 17.8 Å². The van der Waals surface area contributed by atoms with E-state index in [9.17, 15) is 18.0 Å². The molecule has 1 N–H and O–H groups in total. The molecule has 0 unspecified atom stereocenters. The minimum atomic E-state index is -4.17. The van der Waals surface area contributed by atoms with Gasteiger partial charge in [0.05, 0.1) is 25.7 Å². The van der Waals surface area contributed by atoms with Gasteiger partial charge >= 0.3 is 12.1 Å². The lowest BCUT2D eigenvalue weighted by Crippen LogP contribution is -2.52. The summed E-state index contributed by atoms with van der Waals surface area (Å²) in [5.74, 6) is -1.01. The Labute approximate surface area is 195 Å². The molecule has 180 valence electrons. The number of carboxylic acid groups (broad SMARTS) is 1. The second kappa shape index (κ2) is 9.54. The van der Waals surface area contributed by atoms with E-state index in [1.54, 1.807) is 25.2 Å². The van der Waals surface area contributed by atoms with Crippen LogP contribution in [-0.4, -0.2) is 49.5 Å². The zero-order valence-corrected chi connectivity index (χ0v) is 19.0. The van der Waals surface area contributed by atoms with E-state index >= 15 is 0 Å². The molecule has 3 aromatic carbocycles. The molecule has 3 aromatic rings. The van der Waals surface area contributed by atoms with E-state index in [2.05, 4.69) is 0 Å². The number of ether oxygens (including phenoxy) is 2. The Bertz CT molecular complexity index is 1200. The van der Waals surface area contributed by atoms with Crippen LogP contribution in [0.4, 0.5) is 13.2 Å². The summed E-state index contributed by atoms with van der Waals surface area (Å²) in [7, 11) is 3.10. The Morgan fingerprint density at radius 2 is 1.71 bits per heavy atom. The fourth-order valence-corrected chi connectivity index (χ4v) is 4.59. The number of carboxylic acids is 1. The standard InChI is InChI=1S/C26H26F3NO4/c1-33-22-11-9-17(13-30-14-18(15-30)26(27,28)29)25(34-2)24(22)21-8-4-6-19-16(10-12-23(31)32)5-3-7-20(19)21/h3-9,11,18H,10,12-15H2,1-2H3,(H,31,32). The molecule has 1 fully saturated rings.